The number of piperazine rings is 1. The van der Waals surface area contributed by atoms with Crippen molar-refractivity contribution in [2.24, 2.45) is 0 Å². The van der Waals surface area contributed by atoms with Crippen LogP contribution in [0.3, 0.4) is 0 Å². The van der Waals surface area contributed by atoms with Crippen LogP contribution in [0.15, 0.2) is 47.4 Å². The Bertz CT molecular complexity index is 985. The zero-order valence-electron chi connectivity index (χ0n) is 16.5. The lowest BCUT2D eigenvalue weighted by Gasteiger charge is -2.35. The molecule has 1 fully saturated rings. The molecule has 7 nitrogen and oxygen atoms in total. The van der Waals surface area contributed by atoms with E-state index in [4.69, 9.17) is 4.74 Å². The lowest BCUT2D eigenvalue weighted by atomic mass is 10.2. The van der Waals surface area contributed by atoms with Gasteiger partial charge in [-0.25, -0.2) is 8.42 Å². The predicted octanol–water partition coefficient (Wildman–Crippen LogP) is 2.92. The number of carbonyl (C=O) groups is 1. The standard InChI is InChI=1S/C20H24IN3O4S/c1-13-11-24(12-14(2)22-13)29(26,27)17-7-5-16(6-8-17)23-20(25)15-4-9-19(28-3)18(21)10-15/h4-10,13-14,22H,11-12H2,1-3H3,(H,23,25). The van der Waals surface area contributed by atoms with Gasteiger partial charge in [-0.2, -0.15) is 4.31 Å². The third-order valence-corrected chi connectivity index (χ3v) is 7.38. The number of methoxy groups -OCH3 is 1. The third kappa shape index (κ3) is 5.08. The van der Waals surface area contributed by atoms with Crippen LogP contribution in [0.2, 0.25) is 0 Å². The third-order valence-electron chi connectivity index (χ3n) is 4.69. The zero-order chi connectivity index (χ0) is 21.2. The molecule has 2 unspecified atom stereocenters. The summed E-state index contributed by atoms with van der Waals surface area (Å²) in [5.41, 5.74) is 1.03. The van der Waals surface area contributed by atoms with Gasteiger partial charge in [0.05, 0.1) is 15.6 Å². The highest BCUT2D eigenvalue weighted by Gasteiger charge is 2.31. The van der Waals surface area contributed by atoms with Crippen LogP contribution in [0.25, 0.3) is 0 Å². The van der Waals surface area contributed by atoms with Gasteiger partial charge in [-0.05, 0) is 78.9 Å². The number of rotatable bonds is 5. The molecule has 1 aliphatic rings. The minimum absolute atomic E-state index is 0.0966. The molecule has 2 atom stereocenters. The molecule has 3 rings (SSSR count). The highest BCUT2D eigenvalue weighted by molar-refractivity contribution is 14.1. The molecule has 156 valence electrons. The fourth-order valence-electron chi connectivity index (χ4n) is 3.34. The number of hydrogen-bond donors (Lipinski definition) is 2. The molecule has 1 amide bonds. The van der Waals surface area contributed by atoms with Gasteiger partial charge in [-0.15, -0.1) is 0 Å². The highest BCUT2D eigenvalue weighted by Crippen LogP contribution is 2.23. The Labute approximate surface area is 185 Å². The van der Waals surface area contributed by atoms with E-state index in [9.17, 15) is 13.2 Å². The van der Waals surface area contributed by atoms with Gasteiger partial charge in [-0.1, -0.05) is 0 Å². The number of sulfonamides is 1. The predicted molar refractivity (Wildman–Crippen MR) is 121 cm³/mol. The maximum absolute atomic E-state index is 12.9. The summed E-state index contributed by atoms with van der Waals surface area (Å²) in [6, 6.07) is 11.6. The topological polar surface area (TPSA) is 87.7 Å². The summed E-state index contributed by atoms with van der Waals surface area (Å²) in [7, 11) is -1.99. The maximum Gasteiger partial charge on any atom is 0.255 e. The number of nitrogens with one attached hydrogen (secondary N) is 2. The Balaban J connectivity index is 1.73. The van der Waals surface area contributed by atoms with E-state index in [0.29, 0.717) is 30.1 Å². The summed E-state index contributed by atoms with van der Waals surface area (Å²) in [6.07, 6.45) is 0. The van der Waals surface area contributed by atoms with E-state index in [0.717, 1.165) is 3.57 Å². The smallest absolute Gasteiger partial charge is 0.255 e. The number of amides is 1. The van der Waals surface area contributed by atoms with E-state index in [-0.39, 0.29) is 22.9 Å². The number of halogens is 1. The van der Waals surface area contributed by atoms with Crippen molar-refractivity contribution >= 4 is 44.2 Å². The van der Waals surface area contributed by atoms with Crippen LogP contribution < -0.4 is 15.4 Å². The van der Waals surface area contributed by atoms with Crippen LogP contribution in [0, 0.1) is 3.57 Å². The molecule has 1 saturated heterocycles. The molecule has 0 saturated carbocycles. The quantitative estimate of drug-likeness (QED) is 0.582. The zero-order valence-corrected chi connectivity index (χ0v) is 19.5. The summed E-state index contributed by atoms with van der Waals surface area (Å²) >= 11 is 2.11. The molecule has 0 aliphatic carbocycles. The van der Waals surface area contributed by atoms with Gasteiger partial charge in [0.25, 0.3) is 5.91 Å². The monoisotopic (exact) mass is 529 g/mol. The molecule has 2 N–H and O–H groups in total. The van der Waals surface area contributed by atoms with Gasteiger partial charge >= 0.3 is 0 Å². The molecule has 1 heterocycles. The first-order chi connectivity index (χ1) is 13.7. The van der Waals surface area contributed by atoms with E-state index in [1.165, 1.54) is 16.4 Å². The van der Waals surface area contributed by atoms with Crippen molar-refractivity contribution in [2.45, 2.75) is 30.8 Å². The Morgan fingerprint density at radius 3 is 2.31 bits per heavy atom. The first-order valence-electron chi connectivity index (χ1n) is 9.22. The molecule has 0 spiro atoms. The lowest BCUT2D eigenvalue weighted by Crippen LogP contribution is -2.55. The van der Waals surface area contributed by atoms with Gasteiger partial charge in [0.2, 0.25) is 10.0 Å². The molecule has 0 radical (unpaired) electrons. The van der Waals surface area contributed by atoms with Crippen LogP contribution in [0.4, 0.5) is 5.69 Å². The Morgan fingerprint density at radius 2 is 1.76 bits per heavy atom. The van der Waals surface area contributed by atoms with Crippen LogP contribution in [-0.2, 0) is 10.0 Å². The molecule has 1 aliphatic heterocycles. The summed E-state index contributed by atoms with van der Waals surface area (Å²) in [4.78, 5) is 12.7. The first-order valence-corrected chi connectivity index (χ1v) is 11.7. The Hall–Kier alpha value is -1.69. The van der Waals surface area contributed by atoms with Crippen molar-refractivity contribution in [2.75, 3.05) is 25.5 Å². The van der Waals surface area contributed by atoms with E-state index >= 15 is 0 Å². The summed E-state index contributed by atoms with van der Waals surface area (Å²) in [5.74, 6) is 0.430. The molecular weight excluding hydrogens is 505 g/mol. The van der Waals surface area contributed by atoms with Crippen molar-refractivity contribution in [3.63, 3.8) is 0 Å². The number of benzene rings is 2. The second-order valence-electron chi connectivity index (χ2n) is 7.12. The van der Waals surface area contributed by atoms with Crippen molar-refractivity contribution in [1.82, 2.24) is 9.62 Å². The average molecular weight is 529 g/mol. The Morgan fingerprint density at radius 1 is 1.14 bits per heavy atom. The number of hydrogen-bond acceptors (Lipinski definition) is 5. The van der Waals surface area contributed by atoms with Crippen molar-refractivity contribution in [3.05, 3.63) is 51.6 Å². The molecule has 2 aromatic rings. The minimum atomic E-state index is -3.57. The number of anilines is 1. The normalized spacial score (nSPS) is 20.3. The second kappa shape index (κ2) is 8.99. The highest BCUT2D eigenvalue weighted by atomic mass is 127. The minimum Gasteiger partial charge on any atom is -0.496 e. The fraction of sp³-hybridized carbons (Fsp3) is 0.350. The lowest BCUT2D eigenvalue weighted by molar-refractivity contribution is 0.102. The summed E-state index contributed by atoms with van der Waals surface area (Å²) in [5, 5.41) is 6.12. The molecule has 0 aromatic heterocycles. The van der Waals surface area contributed by atoms with E-state index < -0.39 is 10.0 Å². The molecule has 0 bridgehead atoms. The number of nitrogens with zero attached hydrogens (tertiary/aromatic N) is 1. The molecule has 29 heavy (non-hydrogen) atoms. The largest absolute Gasteiger partial charge is 0.496 e. The van der Waals surface area contributed by atoms with Crippen molar-refractivity contribution < 1.29 is 17.9 Å². The Kier molecular flexibility index (Phi) is 6.82. The van der Waals surface area contributed by atoms with Gasteiger partial charge < -0.3 is 15.4 Å². The van der Waals surface area contributed by atoms with E-state index in [2.05, 4.69) is 33.2 Å². The average Bonchev–Trinajstić information content (AvgIpc) is 2.67. The van der Waals surface area contributed by atoms with Gasteiger partial charge in [0.1, 0.15) is 5.75 Å². The van der Waals surface area contributed by atoms with Crippen molar-refractivity contribution in [3.8, 4) is 5.75 Å². The van der Waals surface area contributed by atoms with Gasteiger partial charge in [-0.3, -0.25) is 4.79 Å². The van der Waals surface area contributed by atoms with Crippen LogP contribution in [-0.4, -0.2) is 50.9 Å². The van der Waals surface area contributed by atoms with Crippen LogP contribution in [0.1, 0.15) is 24.2 Å². The summed E-state index contributed by atoms with van der Waals surface area (Å²) in [6.45, 7) is 4.80. The van der Waals surface area contributed by atoms with Crippen LogP contribution >= 0.6 is 22.6 Å². The molecular formula is C20H24IN3O4S. The first kappa shape index (κ1) is 22.0. The van der Waals surface area contributed by atoms with E-state index in [1.54, 1.807) is 37.4 Å². The van der Waals surface area contributed by atoms with Crippen molar-refractivity contribution in [1.29, 1.82) is 0 Å². The van der Waals surface area contributed by atoms with Gasteiger partial charge in [0.15, 0.2) is 0 Å². The SMILES string of the molecule is COc1ccc(C(=O)Nc2ccc(S(=O)(=O)N3CC(C)NC(C)C3)cc2)cc1I. The molecule has 2 aromatic carbocycles. The second-order valence-corrected chi connectivity index (χ2v) is 10.2. The molecule has 9 heteroatoms. The number of carbonyl (C=O) groups excluding carboxylic acids is 1. The fourth-order valence-corrected chi connectivity index (χ4v) is 5.70. The van der Waals surface area contributed by atoms with E-state index in [1.807, 2.05) is 13.8 Å². The number of ether oxygens (including phenoxy) is 1. The van der Waals surface area contributed by atoms with Gasteiger partial charge in [0, 0.05) is 36.4 Å². The maximum atomic E-state index is 12.9. The summed E-state index contributed by atoms with van der Waals surface area (Å²) < 4.78 is 33.4. The van der Waals surface area contributed by atoms with Crippen LogP contribution in [0.5, 0.6) is 5.75 Å².